The molecule has 1 atom stereocenters. The topological polar surface area (TPSA) is 78.8 Å². The summed E-state index contributed by atoms with van der Waals surface area (Å²) in [5.41, 5.74) is 7.38. The molecular formula is C11H15N5OS. The number of fused-ring (bicyclic) bond motifs is 1. The Morgan fingerprint density at radius 3 is 3.17 bits per heavy atom. The number of ether oxygens (including phenoxy) is 1. The van der Waals surface area contributed by atoms with Gasteiger partial charge in [-0.05, 0) is 23.8 Å². The summed E-state index contributed by atoms with van der Waals surface area (Å²) in [6.45, 7) is 0.871. The minimum absolute atomic E-state index is 0.478. The predicted octanol–water partition coefficient (Wildman–Crippen LogP) is 1.17. The Labute approximate surface area is 109 Å². The van der Waals surface area contributed by atoms with E-state index in [9.17, 15) is 0 Å². The fourth-order valence-corrected chi connectivity index (χ4v) is 3.52. The van der Waals surface area contributed by atoms with Gasteiger partial charge in [-0.15, -0.1) is 0 Å². The highest BCUT2D eigenvalue weighted by molar-refractivity contribution is 7.99. The van der Waals surface area contributed by atoms with Gasteiger partial charge >= 0.3 is 0 Å². The van der Waals surface area contributed by atoms with E-state index >= 15 is 0 Å². The first-order chi connectivity index (χ1) is 8.79. The van der Waals surface area contributed by atoms with Crippen LogP contribution in [0.4, 0.5) is 5.95 Å². The number of aromatic nitrogens is 4. The van der Waals surface area contributed by atoms with Gasteiger partial charge < -0.3 is 10.5 Å². The van der Waals surface area contributed by atoms with Crippen LogP contribution in [0, 0.1) is 5.92 Å². The van der Waals surface area contributed by atoms with Crippen LogP contribution in [0.25, 0.3) is 11.2 Å². The summed E-state index contributed by atoms with van der Waals surface area (Å²) in [5.74, 6) is 4.03. The average molecular weight is 265 g/mol. The van der Waals surface area contributed by atoms with Gasteiger partial charge in [0.1, 0.15) is 6.33 Å². The lowest BCUT2D eigenvalue weighted by molar-refractivity contribution is 0.401. The van der Waals surface area contributed by atoms with Crippen LogP contribution >= 0.6 is 11.8 Å². The third kappa shape index (κ3) is 1.88. The normalized spacial score (nSPS) is 19.5. The molecule has 96 valence electrons. The molecule has 0 aliphatic carbocycles. The SMILES string of the molecule is COc1ncnc2c1nc(N)n2CC1CCSC1. The van der Waals surface area contributed by atoms with Crippen LogP contribution in [0.3, 0.4) is 0 Å². The zero-order chi connectivity index (χ0) is 12.5. The largest absolute Gasteiger partial charge is 0.479 e. The molecule has 18 heavy (non-hydrogen) atoms. The van der Waals surface area contributed by atoms with Crippen molar-refractivity contribution >= 4 is 28.9 Å². The number of thioether (sulfide) groups is 1. The van der Waals surface area contributed by atoms with E-state index in [1.54, 1.807) is 7.11 Å². The Balaban J connectivity index is 2.02. The molecule has 6 nitrogen and oxygen atoms in total. The molecule has 3 heterocycles. The lowest BCUT2D eigenvalue weighted by Gasteiger charge is -2.10. The fourth-order valence-electron chi connectivity index (χ4n) is 2.25. The van der Waals surface area contributed by atoms with Crippen molar-refractivity contribution < 1.29 is 4.74 Å². The molecular weight excluding hydrogens is 250 g/mol. The highest BCUT2D eigenvalue weighted by Crippen LogP contribution is 2.28. The van der Waals surface area contributed by atoms with Crippen LogP contribution in [0.1, 0.15) is 6.42 Å². The maximum absolute atomic E-state index is 5.98. The van der Waals surface area contributed by atoms with Crippen LogP contribution in [-0.4, -0.2) is 38.1 Å². The van der Waals surface area contributed by atoms with Crippen LogP contribution < -0.4 is 10.5 Å². The number of methoxy groups -OCH3 is 1. The number of nitrogen functional groups attached to an aromatic ring is 1. The van der Waals surface area contributed by atoms with Crippen molar-refractivity contribution in [2.45, 2.75) is 13.0 Å². The Morgan fingerprint density at radius 1 is 1.56 bits per heavy atom. The van der Waals surface area contributed by atoms with Crippen molar-refractivity contribution in [2.24, 2.45) is 5.92 Å². The van der Waals surface area contributed by atoms with Gasteiger partial charge in [0.2, 0.25) is 11.8 Å². The highest BCUT2D eigenvalue weighted by Gasteiger charge is 2.20. The van der Waals surface area contributed by atoms with Gasteiger partial charge in [-0.3, -0.25) is 4.57 Å². The molecule has 1 saturated heterocycles. The van der Waals surface area contributed by atoms with E-state index in [1.807, 2.05) is 16.3 Å². The maximum Gasteiger partial charge on any atom is 0.245 e. The van der Waals surface area contributed by atoms with Gasteiger partial charge in [-0.25, -0.2) is 9.97 Å². The fraction of sp³-hybridized carbons (Fsp3) is 0.545. The second-order valence-electron chi connectivity index (χ2n) is 4.37. The monoisotopic (exact) mass is 265 g/mol. The number of hydrogen-bond donors (Lipinski definition) is 1. The molecule has 1 unspecified atom stereocenters. The molecule has 1 aliphatic rings. The highest BCUT2D eigenvalue weighted by atomic mass is 32.2. The number of anilines is 1. The third-order valence-corrected chi connectivity index (χ3v) is 4.42. The predicted molar refractivity (Wildman–Crippen MR) is 71.7 cm³/mol. The molecule has 2 N–H and O–H groups in total. The summed E-state index contributed by atoms with van der Waals surface area (Å²) in [4.78, 5) is 12.6. The van der Waals surface area contributed by atoms with E-state index in [2.05, 4.69) is 15.0 Å². The maximum atomic E-state index is 5.98. The zero-order valence-corrected chi connectivity index (χ0v) is 11.0. The van der Waals surface area contributed by atoms with Crippen LogP contribution in [0.5, 0.6) is 5.88 Å². The van der Waals surface area contributed by atoms with Gasteiger partial charge in [0, 0.05) is 6.54 Å². The lowest BCUT2D eigenvalue weighted by Crippen LogP contribution is -2.12. The molecule has 0 amide bonds. The molecule has 0 radical (unpaired) electrons. The van der Waals surface area contributed by atoms with Crippen molar-refractivity contribution in [1.29, 1.82) is 0 Å². The number of nitrogens with two attached hydrogens (primary N) is 1. The molecule has 0 spiro atoms. The van der Waals surface area contributed by atoms with E-state index in [-0.39, 0.29) is 0 Å². The van der Waals surface area contributed by atoms with Gasteiger partial charge in [0.15, 0.2) is 11.2 Å². The van der Waals surface area contributed by atoms with Crippen molar-refractivity contribution in [3.8, 4) is 5.88 Å². The van der Waals surface area contributed by atoms with Gasteiger partial charge in [-0.1, -0.05) is 0 Å². The van der Waals surface area contributed by atoms with Gasteiger partial charge in [0.25, 0.3) is 0 Å². The van der Waals surface area contributed by atoms with Crippen molar-refractivity contribution in [2.75, 3.05) is 24.3 Å². The summed E-state index contributed by atoms with van der Waals surface area (Å²) in [6, 6.07) is 0. The van der Waals surface area contributed by atoms with E-state index in [0.717, 1.165) is 12.2 Å². The molecule has 0 aromatic carbocycles. The number of imidazole rings is 1. The summed E-state index contributed by atoms with van der Waals surface area (Å²) >= 11 is 1.99. The summed E-state index contributed by atoms with van der Waals surface area (Å²) in [5, 5.41) is 0. The van der Waals surface area contributed by atoms with Gasteiger partial charge in [-0.2, -0.15) is 16.7 Å². The second kappa shape index (κ2) is 4.64. The van der Waals surface area contributed by atoms with E-state index in [4.69, 9.17) is 10.5 Å². The molecule has 2 aromatic heterocycles. The number of rotatable bonds is 3. The Bertz CT molecular complexity index is 564. The summed E-state index contributed by atoms with van der Waals surface area (Å²) in [7, 11) is 1.57. The van der Waals surface area contributed by atoms with E-state index in [1.165, 1.54) is 24.3 Å². The van der Waals surface area contributed by atoms with Crippen LogP contribution in [0.15, 0.2) is 6.33 Å². The molecule has 3 rings (SSSR count). The first-order valence-electron chi connectivity index (χ1n) is 5.88. The van der Waals surface area contributed by atoms with Crippen molar-refractivity contribution in [3.05, 3.63) is 6.33 Å². The first kappa shape index (κ1) is 11.6. The molecule has 0 bridgehead atoms. The third-order valence-electron chi connectivity index (χ3n) is 3.19. The second-order valence-corrected chi connectivity index (χ2v) is 5.52. The lowest BCUT2D eigenvalue weighted by atomic mass is 10.1. The van der Waals surface area contributed by atoms with E-state index < -0.39 is 0 Å². The Morgan fingerprint density at radius 2 is 2.44 bits per heavy atom. The van der Waals surface area contributed by atoms with Crippen LogP contribution in [-0.2, 0) is 6.54 Å². The summed E-state index contributed by atoms with van der Waals surface area (Å²) in [6.07, 6.45) is 2.72. The van der Waals surface area contributed by atoms with Gasteiger partial charge in [0.05, 0.1) is 7.11 Å². The summed E-state index contributed by atoms with van der Waals surface area (Å²) < 4.78 is 7.15. The smallest absolute Gasteiger partial charge is 0.245 e. The minimum Gasteiger partial charge on any atom is -0.479 e. The Hall–Kier alpha value is -1.50. The molecule has 0 saturated carbocycles. The molecule has 1 fully saturated rings. The molecule has 2 aromatic rings. The standard InChI is InChI=1S/C11H15N5OS/c1-17-10-8-9(13-6-14-10)16(11(12)15-8)4-7-2-3-18-5-7/h6-7H,2-5H2,1H3,(H2,12,15). The van der Waals surface area contributed by atoms with Crippen molar-refractivity contribution in [1.82, 2.24) is 19.5 Å². The minimum atomic E-state index is 0.478. The Kier molecular flexibility index (Phi) is 2.99. The number of hydrogen-bond acceptors (Lipinski definition) is 6. The zero-order valence-electron chi connectivity index (χ0n) is 10.2. The molecule has 7 heteroatoms. The van der Waals surface area contributed by atoms with E-state index in [0.29, 0.717) is 23.3 Å². The first-order valence-corrected chi connectivity index (χ1v) is 7.03. The molecule has 1 aliphatic heterocycles. The quantitative estimate of drug-likeness (QED) is 0.897. The van der Waals surface area contributed by atoms with Crippen molar-refractivity contribution in [3.63, 3.8) is 0 Å². The number of nitrogens with zero attached hydrogens (tertiary/aromatic N) is 4. The van der Waals surface area contributed by atoms with Crippen LogP contribution in [0.2, 0.25) is 0 Å². The average Bonchev–Trinajstić information content (AvgIpc) is 2.99.